The lowest BCUT2D eigenvalue weighted by Crippen LogP contribution is -1.98. The van der Waals surface area contributed by atoms with Crippen LogP contribution in [0.1, 0.15) is 11.1 Å². The van der Waals surface area contributed by atoms with E-state index in [0.717, 1.165) is 12.1 Å². The minimum atomic E-state index is 0.603. The Balaban J connectivity index is 2.04. The molecule has 3 rings (SSSR count). The Hall–Kier alpha value is -1.44. The van der Waals surface area contributed by atoms with E-state index >= 15 is 0 Å². The Labute approximate surface area is 122 Å². The second kappa shape index (κ2) is 4.92. The number of rotatable bonds is 2. The second-order valence-corrected chi connectivity index (χ2v) is 5.50. The first-order valence-electron chi connectivity index (χ1n) is 6.13. The molecule has 2 aromatic carbocycles. The molecule has 0 aliphatic heterocycles. The van der Waals surface area contributed by atoms with Crippen LogP contribution in [0.2, 0.25) is 10.0 Å². The highest BCUT2D eigenvalue weighted by Crippen LogP contribution is 2.27. The third-order valence-electron chi connectivity index (χ3n) is 3.30. The number of benzene rings is 2. The van der Waals surface area contributed by atoms with Crippen LogP contribution in [0, 0.1) is 6.92 Å². The van der Waals surface area contributed by atoms with Crippen molar-refractivity contribution in [1.29, 1.82) is 0 Å². The summed E-state index contributed by atoms with van der Waals surface area (Å²) < 4.78 is 2.19. The van der Waals surface area contributed by atoms with Crippen LogP contribution in [0.25, 0.3) is 10.9 Å². The lowest BCUT2D eigenvalue weighted by atomic mass is 10.2. The second-order valence-electron chi connectivity index (χ2n) is 4.72. The number of fused-ring (bicyclic) bond motifs is 1. The van der Waals surface area contributed by atoms with Gasteiger partial charge in [-0.25, -0.2) is 0 Å². The van der Waals surface area contributed by atoms with Crippen molar-refractivity contribution in [2.24, 2.45) is 0 Å². The van der Waals surface area contributed by atoms with Crippen molar-refractivity contribution >= 4 is 34.1 Å². The van der Waals surface area contributed by atoms with Crippen LogP contribution in [0.5, 0.6) is 0 Å². The van der Waals surface area contributed by atoms with E-state index in [9.17, 15) is 0 Å². The Morgan fingerprint density at radius 2 is 1.89 bits per heavy atom. The fraction of sp³-hybridized carbons (Fsp3) is 0.125. The molecule has 1 nitrogen and oxygen atoms in total. The smallest absolute Gasteiger partial charge is 0.0642 e. The van der Waals surface area contributed by atoms with E-state index in [1.807, 2.05) is 18.2 Å². The predicted octanol–water partition coefficient (Wildman–Crippen LogP) is 5.30. The van der Waals surface area contributed by atoms with E-state index in [-0.39, 0.29) is 0 Å². The maximum atomic E-state index is 6.24. The number of aromatic nitrogens is 1. The molecule has 0 atom stereocenters. The maximum absolute atomic E-state index is 6.24. The Morgan fingerprint density at radius 1 is 1.05 bits per heavy atom. The van der Waals surface area contributed by atoms with Gasteiger partial charge in [-0.1, -0.05) is 47.0 Å². The summed E-state index contributed by atoms with van der Waals surface area (Å²) in [5.41, 5.74) is 3.51. The van der Waals surface area contributed by atoms with Gasteiger partial charge >= 0.3 is 0 Å². The molecule has 96 valence electrons. The zero-order valence-corrected chi connectivity index (χ0v) is 12.0. The summed E-state index contributed by atoms with van der Waals surface area (Å²) in [5.74, 6) is 0. The van der Waals surface area contributed by atoms with Gasteiger partial charge in [0.1, 0.15) is 0 Å². The lowest BCUT2D eigenvalue weighted by molar-refractivity contribution is 0.837. The summed E-state index contributed by atoms with van der Waals surface area (Å²) >= 11 is 12.3. The van der Waals surface area contributed by atoms with E-state index in [2.05, 4.69) is 42.0 Å². The number of hydrogen-bond acceptors (Lipinski definition) is 0. The summed E-state index contributed by atoms with van der Waals surface area (Å²) in [6.45, 7) is 2.83. The van der Waals surface area contributed by atoms with E-state index < -0.39 is 0 Å². The largest absolute Gasteiger partial charge is 0.343 e. The quantitative estimate of drug-likeness (QED) is 0.603. The van der Waals surface area contributed by atoms with Gasteiger partial charge in [0.15, 0.2) is 0 Å². The number of halogens is 2. The first-order chi connectivity index (χ1) is 9.15. The molecule has 0 fully saturated rings. The average molecular weight is 290 g/mol. The molecule has 0 N–H and O–H groups in total. The van der Waals surface area contributed by atoms with E-state index in [1.54, 1.807) is 0 Å². The maximum Gasteiger partial charge on any atom is 0.0642 e. The molecule has 0 bridgehead atoms. The predicted molar refractivity (Wildman–Crippen MR) is 82.2 cm³/mol. The van der Waals surface area contributed by atoms with Crippen LogP contribution >= 0.6 is 23.2 Å². The van der Waals surface area contributed by atoms with Crippen LogP contribution < -0.4 is 0 Å². The lowest BCUT2D eigenvalue weighted by Gasteiger charge is -2.08. The summed E-state index contributed by atoms with van der Waals surface area (Å²) in [7, 11) is 0. The number of aryl methyl sites for hydroxylation is 1. The summed E-state index contributed by atoms with van der Waals surface area (Å²) in [6.07, 6.45) is 2.08. The van der Waals surface area contributed by atoms with Gasteiger partial charge in [0.25, 0.3) is 0 Å². The van der Waals surface area contributed by atoms with Crippen molar-refractivity contribution in [1.82, 2.24) is 4.57 Å². The van der Waals surface area contributed by atoms with Crippen molar-refractivity contribution in [2.75, 3.05) is 0 Å². The summed E-state index contributed by atoms with van der Waals surface area (Å²) in [4.78, 5) is 0. The van der Waals surface area contributed by atoms with Crippen molar-refractivity contribution in [3.8, 4) is 0 Å². The molecule has 3 heteroatoms. The van der Waals surface area contributed by atoms with Gasteiger partial charge in [0, 0.05) is 18.3 Å². The third kappa shape index (κ3) is 2.36. The molecule has 0 aliphatic carbocycles. The van der Waals surface area contributed by atoms with Crippen molar-refractivity contribution in [2.45, 2.75) is 13.5 Å². The van der Waals surface area contributed by atoms with E-state index in [1.165, 1.54) is 16.5 Å². The first-order valence-corrected chi connectivity index (χ1v) is 6.89. The van der Waals surface area contributed by atoms with Gasteiger partial charge in [0.05, 0.1) is 10.0 Å². The Bertz CT molecular complexity index is 744. The molecule has 1 aromatic heterocycles. The number of hydrogen-bond donors (Lipinski definition) is 0. The van der Waals surface area contributed by atoms with Gasteiger partial charge < -0.3 is 4.57 Å². The molecule has 0 aliphatic rings. The van der Waals surface area contributed by atoms with Crippen LogP contribution in [-0.4, -0.2) is 4.57 Å². The monoisotopic (exact) mass is 289 g/mol. The third-order valence-corrected chi connectivity index (χ3v) is 4.16. The molecule has 3 aromatic rings. The zero-order chi connectivity index (χ0) is 13.4. The van der Waals surface area contributed by atoms with Crippen LogP contribution in [0.15, 0.2) is 48.7 Å². The van der Waals surface area contributed by atoms with Crippen molar-refractivity contribution in [3.05, 3.63) is 69.8 Å². The molecule has 1 heterocycles. The Kier molecular flexibility index (Phi) is 3.26. The fourth-order valence-corrected chi connectivity index (χ4v) is 2.69. The van der Waals surface area contributed by atoms with Gasteiger partial charge in [0.2, 0.25) is 0 Å². The average Bonchev–Trinajstić information content (AvgIpc) is 2.77. The molecule has 0 saturated heterocycles. The van der Waals surface area contributed by atoms with Gasteiger partial charge in [-0.2, -0.15) is 0 Å². The van der Waals surface area contributed by atoms with E-state index in [0.29, 0.717) is 10.0 Å². The van der Waals surface area contributed by atoms with Crippen molar-refractivity contribution in [3.63, 3.8) is 0 Å². The van der Waals surface area contributed by atoms with Gasteiger partial charge in [-0.3, -0.25) is 0 Å². The Morgan fingerprint density at radius 3 is 2.74 bits per heavy atom. The number of nitrogens with zero attached hydrogens (tertiary/aromatic N) is 1. The highest BCUT2D eigenvalue weighted by Gasteiger charge is 2.07. The molecule has 0 radical (unpaired) electrons. The molecule has 0 saturated carbocycles. The SMILES string of the molecule is Cc1ccc2c(ccn2Cc2cccc(Cl)c2Cl)c1. The van der Waals surface area contributed by atoms with Gasteiger partial charge in [-0.05, 0) is 42.1 Å². The molecule has 19 heavy (non-hydrogen) atoms. The molecule has 0 amide bonds. The summed E-state index contributed by atoms with van der Waals surface area (Å²) in [5, 5.41) is 2.49. The molecular formula is C16H13Cl2N. The molecule has 0 unspecified atom stereocenters. The van der Waals surface area contributed by atoms with Crippen molar-refractivity contribution < 1.29 is 0 Å². The fourth-order valence-electron chi connectivity index (χ4n) is 2.31. The topological polar surface area (TPSA) is 4.93 Å². The van der Waals surface area contributed by atoms with E-state index in [4.69, 9.17) is 23.2 Å². The standard InChI is InChI=1S/C16H13Cl2N/c1-11-5-6-15-12(9-11)7-8-19(15)10-13-3-2-4-14(17)16(13)18/h2-9H,10H2,1H3. The zero-order valence-electron chi connectivity index (χ0n) is 10.5. The van der Waals surface area contributed by atoms with Crippen LogP contribution in [-0.2, 0) is 6.54 Å². The molecule has 0 spiro atoms. The van der Waals surface area contributed by atoms with Crippen LogP contribution in [0.3, 0.4) is 0 Å². The summed E-state index contributed by atoms with van der Waals surface area (Å²) in [6, 6.07) is 14.3. The van der Waals surface area contributed by atoms with Gasteiger partial charge in [-0.15, -0.1) is 0 Å². The normalized spacial score (nSPS) is 11.1. The first kappa shape index (κ1) is 12.6. The highest BCUT2D eigenvalue weighted by atomic mass is 35.5. The minimum Gasteiger partial charge on any atom is -0.343 e. The molecular weight excluding hydrogens is 277 g/mol. The highest BCUT2D eigenvalue weighted by molar-refractivity contribution is 6.42. The minimum absolute atomic E-state index is 0.603. The van der Waals surface area contributed by atoms with Crippen LogP contribution in [0.4, 0.5) is 0 Å².